The zero-order valence-corrected chi connectivity index (χ0v) is 12.5. The fourth-order valence-electron chi connectivity index (χ4n) is 2.83. The van der Waals surface area contributed by atoms with Crippen molar-refractivity contribution in [2.45, 2.75) is 31.5 Å². The molecule has 3 rings (SSSR count). The van der Waals surface area contributed by atoms with E-state index in [0.29, 0.717) is 6.42 Å². The minimum absolute atomic E-state index is 0.0396. The number of aliphatic hydroxyl groups excluding tert-OH is 1. The van der Waals surface area contributed by atoms with E-state index in [1.54, 1.807) is 0 Å². The van der Waals surface area contributed by atoms with Gasteiger partial charge in [0, 0.05) is 13.2 Å². The summed E-state index contributed by atoms with van der Waals surface area (Å²) in [5.74, 6) is -0.0632. The SMILES string of the molecule is O=C(C[C@@H]1CCCO1)NC[C@H](O)c1ccc2ccccc2c1. The number of aliphatic hydroxyl groups is 1. The summed E-state index contributed by atoms with van der Waals surface area (Å²) < 4.78 is 5.44. The zero-order valence-electron chi connectivity index (χ0n) is 12.5. The molecule has 2 aromatic carbocycles. The van der Waals surface area contributed by atoms with E-state index >= 15 is 0 Å². The summed E-state index contributed by atoms with van der Waals surface area (Å²) >= 11 is 0. The normalized spacial score (nSPS) is 19.2. The number of carbonyl (C=O) groups is 1. The number of hydrogen-bond acceptors (Lipinski definition) is 3. The minimum Gasteiger partial charge on any atom is -0.387 e. The highest BCUT2D eigenvalue weighted by molar-refractivity contribution is 5.83. The molecule has 0 saturated carbocycles. The van der Waals surface area contributed by atoms with Crippen LogP contribution in [-0.2, 0) is 9.53 Å². The maximum absolute atomic E-state index is 11.8. The molecular weight excluding hydrogens is 278 g/mol. The van der Waals surface area contributed by atoms with Crippen LogP contribution in [0.1, 0.15) is 30.9 Å². The molecule has 1 saturated heterocycles. The van der Waals surface area contributed by atoms with Crippen molar-refractivity contribution in [2.75, 3.05) is 13.2 Å². The number of fused-ring (bicyclic) bond motifs is 1. The molecule has 1 fully saturated rings. The van der Waals surface area contributed by atoms with Crippen LogP contribution in [-0.4, -0.2) is 30.3 Å². The van der Waals surface area contributed by atoms with Gasteiger partial charge in [-0.25, -0.2) is 0 Å². The van der Waals surface area contributed by atoms with Crippen molar-refractivity contribution < 1.29 is 14.6 Å². The van der Waals surface area contributed by atoms with Crippen LogP contribution in [0.3, 0.4) is 0 Å². The molecule has 2 aromatic rings. The highest BCUT2D eigenvalue weighted by Gasteiger charge is 2.19. The van der Waals surface area contributed by atoms with E-state index < -0.39 is 6.10 Å². The lowest BCUT2D eigenvalue weighted by atomic mass is 10.0. The molecule has 1 heterocycles. The monoisotopic (exact) mass is 299 g/mol. The molecule has 1 aliphatic rings. The quantitative estimate of drug-likeness (QED) is 0.892. The largest absolute Gasteiger partial charge is 0.387 e. The predicted octanol–water partition coefficient (Wildman–Crippen LogP) is 2.56. The van der Waals surface area contributed by atoms with Crippen molar-refractivity contribution in [2.24, 2.45) is 0 Å². The zero-order chi connectivity index (χ0) is 15.4. The number of benzene rings is 2. The van der Waals surface area contributed by atoms with E-state index in [1.807, 2.05) is 42.5 Å². The van der Waals surface area contributed by atoms with E-state index in [-0.39, 0.29) is 18.6 Å². The highest BCUT2D eigenvalue weighted by Crippen LogP contribution is 2.20. The van der Waals surface area contributed by atoms with Crippen molar-refractivity contribution >= 4 is 16.7 Å². The summed E-state index contributed by atoms with van der Waals surface area (Å²) in [5, 5.41) is 15.3. The number of ether oxygens (including phenoxy) is 1. The smallest absolute Gasteiger partial charge is 0.222 e. The highest BCUT2D eigenvalue weighted by atomic mass is 16.5. The first kappa shape index (κ1) is 15.0. The van der Waals surface area contributed by atoms with E-state index in [0.717, 1.165) is 35.8 Å². The van der Waals surface area contributed by atoms with Crippen LogP contribution in [0.25, 0.3) is 10.8 Å². The van der Waals surface area contributed by atoms with E-state index in [1.165, 1.54) is 0 Å². The molecule has 22 heavy (non-hydrogen) atoms. The van der Waals surface area contributed by atoms with Crippen LogP contribution in [0.4, 0.5) is 0 Å². The molecule has 1 amide bonds. The molecule has 1 aliphatic heterocycles. The molecule has 0 bridgehead atoms. The Morgan fingerprint density at radius 2 is 2.09 bits per heavy atom. The Balaban J connectivity index is 1.55. The van der Waals surface area contributed by atoms with Crippen LogP contribution in [0.2, 0.25) is 0 Å². The molecule has 0 radical (unpaired) electrons. The second-order valence-electron chi connectivity index (χ2n) is 5.77. The molecule has 116 valence electrons. The lowest BCUT2D eigenvalue weighted by Gasteiger charge is -2.14. The molecule has 0 spiro atoms. The molecule has 4 heteroatoms. The Morgan fingerprint density at radius 3 is 2.86 bits per heavy atom. The van der Waals surface area contributed by atoms with E-state index in [4.69, 9.17) is 4.74 Å². The molecular formula is C18H21NO3. The van der Waals surface area contributed by atoms with Gasteiger partial charge >= 0.3 is 0 Å². The van der Waals surface area contributed by atoms with Gasteiger partial charge in [0.25, 0.3) is 0 Å². The lowest BCUT2D eigenvalue weighted by molar-refractivity contribution is -0.123. The third-order valence-corrected chi connectivity index (χ3v) is 4.09. The lowest BCUT2D eigenvalue weighted by Crippen LogP contribution is -2.30. The van der Waals surface area contributed by atoms with E-state index in [9.17, 15) is 9.90 Å². The molecule has 0 unspecified atom stereocenters. The number of carbonyl (C=O) groups excluding carboxylic acids is 1. The van der Waals surface area contributed by atoms with Crippen molar-refractivity contribution in [3.63, 3.8) is 0 Å². The average Bonchev–Trinajstić information content (AvgIpc) is 3.05. The summed E-state index contributed by atoms with van der Waals surface area (Å²) in [4.78, 5) is 11.8. The molecule has 4 nitrogen and oxygen atoms in total. The van der Waals surface area contributed by atoms with Crippen LogP contribution in [0.15, 0.2) is 42.5 Å². The summed E-state index contributed by atoms with van der Waals surface area (Å²) in [6.07, 6.45) is 1.69. The number of nitrogens with one attached hydrogen (secondary N) is 1. The second-order valence-corrected chi connectivity index (χ2v) is 5.77. The summed E-state index contributed by atoms with van der Waals surface area (Å²) in [5.41, 5.74) is 0.816. The number of amides is 1. The summed E-state index contributed by atoms with van der Waals surface area (Å²) in [7, 11) is 0. The van der Waals surface area contributed by atoms with Gasteiger partial charge in [-0.05, 0) is 35.2 Å². The molecule has 2 N–H and O–H groups in total. The van der Waals surface area contributed by atoms with Gasteiger partial charge < -0.3 is 15.2 Å². The van der Waals surface area contributed by atoms with Gasteiger partial charge in [-0.2, -0.15) is 0 Å². The van der Waals surface area contributed by atoms with Crippen molar-refractivity contribution in [1.82, 2.24) is 5.32 Å². The Kier molecular flexibility index (Phi) is 4.71. The van der Waals surface area contributed by atoms with Gasteiger partial charge in [0.05, 0.1) is 18.6 Å². The third kappa shape index (κ3) is 3.64. The van der Waals surface area contributed by atoms with E-state index in [2.05, 4.69) is 5.32 Å². The maximum Gasteiger partial charge on any atom is 0.222 e. The maximum atomic E-state index is 11.8. The summed E-state index contributed by atoms with van der Waals surface area (Å²) in [6.45, 7) is 0.974. The molecule has 0 aliphatic carbocycles. The Morgan fingerprint density at radius 1 is 1.27 bits per heavy atom. The Hall–Kier alpha value is -1.91. The van der Waals surface area contributed by atoms with Crippen molar-refractivity contribution in [3.8, 4) is 0 Å². The minimum atomic E-state index is -0.696. The van der Waals surface area contributed by atoms with Gasteiger partial charge in [-0.15, -0.1) is 0 Å². The Labute approximate surface area is 130 Å². The number of rotatable bonds is 5. The van der Waals surface area contributed by atoms with Crippen LogP contribution in [0.5, 0.6) is 0 Å². The van der Waals surface area contributed by atoms with Crippen molar-refractivity contribution in [1.29, 1.82) is 0 Å². The first-order valence-electron chi connectivity index (χ1n) is 7.77. The van der Waals surface area contributed by atoms with Crippen LogP contribution >= 0.6 is 0 Å². The van der Waals surface area contributed by atoms with Gasteiger partial charge in [-0.3, -0.25) is 4.79 Å². The topological polar surface area (TPSA) is 58.6 Å². The van der Waals surface area contributed by atoms with Crippen LogP contribution < -0.4 is 5.32 Å². The standard InChI is InChI=1S/C18H21NO3/c20-17(12-19-18(21)11-16-6-3-9-22-16)15-8-7-13-4-1-2-5-14(13)10-15/h1-2,4-5,7-8,10,16-17,20H,3,6,9,11-12H2,(H,19,21)/t16-,17-/m0/s1. The fraction of sp³-hybridized carbons (Fsp3) is 0.389. The molecule has 0 aromatic heterocycles. The van der Waals surface area contributed by atoms with Gasteiger partial charge in [0.2, 0.25) is 5.91 Å². The average molecular weight is 299 g/mol. The third-order valence-electron chi connectivity index (χ3n) is 4.09. The first-order chi connectivity index (χ1) is 10.7. The Bertz CT molecular complexity index is 650. The van der Waals surface area contributed by atoms with Gasteiger partial charge in [0.1, 0.15) is 0 Å². The van der Waals surface area contributed by atoms with Gasteiger partial charge in [-0.1, -0.05) is 36.4 Å². The first-order valence-corrected chi connectivity index (χ1v) is 7.77. The molecule has 2 atom stereocenters. The predicted molar refractivity (Wildman–Crippen MR) is 85.5 cm³/mol. The number of hydrogen-bond donors (Lipinski definition) is 2. The van der Waals surface area contributed by atoms with Gasteiger partial charge in [0.15, 0.2) is 0 Å². The second kappa shape index (κ2) is 6.90. The fourth-order valence-corrected chi connectivity index (χ4v) is 2.83. The summed E-state index contributed by atoms with van der Waals surface area (Å²) in [6, 6.07) is 13.9. The van der Waals surface area contributed by atoms with Crippen LogP contribution in [0, 0.1) is 0 Å². The van der Waals surface area contributed by atoms with Crippen molar-refractivity contribution in [3.05, 3.63) is 48.0 Å².